The number of alkyl halides is 3. The minimum atomic E-state index is -4.45. The molecule has 0 saturated heterocycles. The van der Waals surface area contributed by atoms with E-state index in [0.29, 0.717) is 19.4 Å². The third kappa shape index (κ3) is 2.62. The Bertz CT molecular complexity index is 581. The molecular weight excluding hydrogens is 279 g/mol. The molecule has 2 N–H and O–H groups in total. The molecule has 0 spiro atoms. The zero-order chi connectivity index (χ0) is 14.3. The van der Waals surface area contributed by atoms with Crippen LogP contribution < -0.4 is 5.73 Å². The molecule has 1 aliphatic rings. The van der Waals surface area contributed by atoms with E-state index in [-0.39, 0.29) is 16.9 Å². The lowest BCUT2D eigenvalue weighted by molar-refractivity contribution is -0.137. The van der Waals surface area contributed by atoms with Crippen molar-refractivity contribution in [1.29, 1.82) is 0 Å². The molecule has 0 amide bonds. The number of benzene rings is 1. The van der Waals surface area contributed by atoms with E-state index in [1.807, 2.05) is 0 Å². The molecule has 1 aromatic carbocycles. The van der Waals surface area contributed by atoms with Crippen LogP contribution in [0.3, 0.4) is 0 Å². The lowest BCUT2D eigenvalue weighted by atomic mass is 10.0. The number of sulfone groups is 1. The van der Waals surface area contributed by atoms with Gasteiger partial charge in [-0.3, -0.25) is 0 Å². The molecule has 0 saturated carbocycles. The predicted octanol–water partition coefficient (Wildman–Crippen LogP) is 2.14. The van der Waals surface area contributed by atoms with Gasteiger partial charge in [-0.05, 0) is 49.6 Å². The third-order valence-corrected chi connectivity index (χ3v) is 5.60. The summed E-state index contributed by atoms with van der Waals surface area (Å²) in [6.45, 7) is 0.371. The normalized spacial score (nSPS) is 21.4. The van der Waals surface area contributed by atoms with Crippen LogP contribution in [0, 0.1) is 0 Å². The van der Waals surface area contributed by atoms with Crippen molar-refractivity contribution in [3.05, 3.63) is 29.3 Å². The summed E-state index contributed by atoms with van der Waals surface area (Å²) in [7, 11) is -3.50. The van der Waals surface area contributed by atoms with Crippen molar-refractivity contribution < 1.29 is 21.6 Å². The molecule has 7 heteroatoms. The zero-order valence-corrected chi connectivity index (χ0v) is 10.9. The first kappa shape index (κ1) is 14.3. The summed E-state index contributed by atoms with van der Waals surface area (Å²) in [5, 5.41) is -0.644. The van der Waals surface area contributed by atoms with Crippen molar-refractivity contribution in [3.63, 3.8) is 0 Å². The van der Waals surface area contributed by atoms with Crippen LogP contribution in [0.25, 0.3) is 0 Å². The van der Waals surface area contributed by atoms with Gasteiger partial charge >= 0.3 is 6.18 Å². The Hall–Kier alpha value is -1.08. The van der Waals surface area contributed by atoms with Gasteiger partial charge in [-0.15, -0.1) is 0 Å². The number of halogens is 3. The van der Waals surface area contributed by atoms with Gasteiger partial charge in [0, 0.05) is 0 Å². The second-order valence-electron chi connectivity index (χ2n) is 4.62. The Balaban J connectivity index is 2.37. The molecule has 1 unspecified atom stereocenters. The Kier molecular flexibility index (Phi) is 3.61. The highest BCUT2D eigenvalue weighted by Crippen LogP contribution is 2.37. The maximum atomic E-state index is 12.6. The average molecular weight is 293 g/mol. The van der Waals surface area contributed by atoms with Gasteiger partial charge in [-0.25, -0.2) is 8.42 Å². The summed E-state index contributed by atoms with van der Waals surface area (Å²) in [5.41, 5.74) is 4.79. The molecule has 1 heterocycles. The lowest BCUT2D eigenvalue weighted by Gasteiger charge is -2.08. The highest BCUT2D eigenvalue weighted by atomic mass is 32.2. The van der Waals surface area contributed by atoms with Crippen molar-refractivity contribution in [2.75, 3.05) is 6.54 Å². The van der Waals surface area contributed by atoms with Crippen molar-refractivity contribution in [1.82, 2.24) is 0 Å². The largest absolute Gasteiger partial charge is 0.416 e. The molecule has 0 aliphatic carbocycles. The average Bonchev–Trinajstić information content (AvgIpc) is 2.57. The van der Waals surface area contributed by atoms with Gasteiger partial charge in [-0.2, -0.15) is 13.2 Å². The molecule has 2 rings (SSSR count). The van der Waals surface area contributed by atoms with Crippen molar-refractivity contribution in [2.45, 2.75) is 35.6 Å². The van der Waals surface area contributed by atoms with Crippen LogP contribution in [0.5, 0.6) is 0 Å². The maximum Gasteiger partial charge on any atom is 0.416 e. The monoisotopic (exact) mass is 293 g/mol. The molecule has 1 atom stereocenters. The first-order valence-corrected chi connectivity index (χ1v) is 7.45. The van der Waals surface area contributed by atoms with Crippen LogP contribution in [0.4, 0.5) is 13.2 Å². The van der Waals surface area contributed by atoms with Crippen molar-refractivity contribution in [3.8, 4) is 0 Å². The minimum absolute atomic E-state index is 0.0301. The molecule has 19 heavy (non-hydrogen) atoms. The van der Waals surface area contributed by atoms with Crippen LogP contribution in [0.15, 0.2) is 23.1 Å². The fourth-order valence-corrected chi connectivity index (χ4v) is 4.33. The van der Waals surface area contributed by atoms with Crippen molar-refractivity contribution >= 4 is 9.84 Å². The van der Waals surface area contributed by atoms with E-state index in [4.69, 9.17) is 5.73 Å². The fourth-order valence-electron chi connectivity index (χ4n) is 2.33. The molecule has 0 aromatic heterocycles. The minimum Gasteiger partial charge on any atom is -0.330 e. The standard InChI is InChI=1S/C12H14F3NO2S/c13-12(14,15)9-3-4-11-8(6-9)7-10(2-1-5-16)19(11,17)18/h3-4,6,10H,1-2,5,7,16H2. The van der Waals surface area contributed by atoms with E-state index in [2.05, 4.69) is 0 Å². The predicted molar refractivity (Wildman–Crippen MR) is 64.4 cm³/mol. The molecule has 0 fully saturated rings. The summed E-state index contributed by atoms with van der Waals surface area (Å²) in [4.78, 5) is 0.0301. The Labute approximate surface area is 109 Å². The molecular formula is C12H14F3NO2S. The molecule has 1 aromatic rings. The lowest BCUT2D eigenvalue weighted by Crippen LogP contribution is -2.18. The van der Waals surface area contributed by atoms with E-state index in [1.165, 1.54) is 0 Å². The second-order valence-corrected chi connectivity index (χ2v) is 6.82. The Morgan fingerprint density at radius 2 is 2.00 bits per heavy atom. The van der Waals surface area contributed by atoms with E-state index < -0.39 is 26.8 Å². The molecule has 106 valence electrons. The highest BCUT2D eigenvalue weighted by Gasteiger charge is 2.39. The summed E-state index contributed by atoms with van der Waals surface area (Å²) in [5.74, 6) is 0. The van der Waals surface area contributed by atoms with Crippen LogP contribution >= 0.6 is 0 Å². The SMILES string of the molecule is NCCCC1Cc2cc(C(F)(F)F)ccc2S1(=O)=O. The number of rotatable bonds is 3. The first-order valence-electron chi connectivity index (χ1n) is 5.91. The van der Waals surface area contributed by atoms with Gasteiger partial charge in [0.1, 0.15) is 0 Å². The van der Waals surface area contributed by atoms with Crippen LogP contribution in [-0.4, -0.2) is 20.2 Å². The molecule has 1 aliphatic heterocycles. The molecule has 0 radical (unpaired) electrons. The van der Waals surface area contributed by atoms with Crippen LogP contribution in [0.1, 0.15) is 24.0 Å². The van der Waals surface area contributed by atoms with Crippen LogP contribution in [-0.2, 0) is 22.4 Å². The van der Waals surface area contributed by atoms with E-state index >= 15 is 0 Å². The summed E-state index contributed by atoms with van der Waals surface area (Å²) in [6.07, 6.45) is -3.38. The highest BCUT2D eigenvalue weighted by molar-refractivity contribution is 7.92. The van der Waals surface area contributed by atoms with E-state index in [1.54, 1.807) is 0 Å². The van der Waals surface area contributed by atoms with Gasteiger partial charge in [0.25, 0.3) is 0 Å². The Morgan fingerprint density at radius 1 is 1.32 bits per heavy atom. The van der Waals surface area contributed by atoms with E-state index in [0.717, 1.165) is 18.2 Å². The van der Waals surface area contributed by atoms with Gasteiger partial charge in [0.05, 0.1) is 15.7 Å². The fraction of sp³-hybridized carbons (Fsp3) is 0.500. The molecule has 3 nitrogen and oxygen atoms in total. The topological polar surface area (TPSA) is 60.2 Å². The summed E-state index contributed by atoms with van der Waals surface area (Å²) in [6, 6.07) is 2.83. The number of hydrogen-bond acceptors (Lipinski definition) is 3. The van der Waals surface area contributed by atoms with Gasteiger partial charge in [0.15, 0.2) is 9.84 Å². The Morgan fingerprint density at radius 3 is 2.58 bits per heavy atom. The summed E-state index contributed by atoms with van der Waals surface area (Å²) < 4.78 is 62.0. The number of nitrogens with two attached hydrogens (primary N) is 1. The zero-order valence-electron chi connectivity index (χ0n) is 10.1. The maximum absolute atomic E-state index is 12.6. The second kappa shape index (κ2) is 4.79. The van der Waals surface area contributed by atoms with Gasteiger partial charge in [0.2, 0.25) is 0 Å². The van der Waals surface area contributed by atoms with Crippen molar-refractivity contribution in [2.24, 2.45) is 5.73 Å². The summed E-state index contributed by atoms with van der Waals surface area (Å²) >= 11 is 0. The first-order chi connectivity index (χ1) is 8.76. The smallest absolute Gasteiger partial charge is 0.330 e. The quantitative estimate of drug-likeness (QED) is 0.929. The number of fused-ring (bicyclic) bond motifs is 1. The van der Waals surface area contributed by atoms with Gasteiger partial charge < -0.3 is 5.73 Å². The van der Waals surface area contributed by atoms with E-state index in [9.17, 15) is 21.6 Å². The van der Waals surface area contributed by atoms with Crippen LogP contribution in [0.2, 0.25) is 0 Å². The molecule has 0 bridgehead atoms. The number of hydrogen-bond donors (Lipinski definition) is 1. The third-order valence-electron chi connectivity index (χ3n) is 3.31. The van der Waals surface area contributed by atoms with Gasteiger partial charge in [-0.1, -0.05) is 0 Å².